The molecule has 0 aliphatic rings. The summed E-state index contributed by atoms with van der Waals surface area (Å²) in [4.78, 5) is 6.84. The highest BCUT2D eigenvalue weighted by molar-refractivity contribution is 5.44. The third-order valence-electron chi connectivity index (χ3n) is 2.89. The maximum atomic E-state index is 4.50. The summed E-state index contributed by atoms with van der Waals surface area (Å²) in [6.07, 6.45) is 3.14. The first-order valence-corrected chi connectivity index (χ1v) is 6.11. The van der Waals surface area contributed by atoms with Gasteiger partial charge in [0.1, 0.15) is 0 Å². The molecule has 0 radical (unpaired) electrons. The summed E-state index contributed by atoms with van der Waals surface area (Å²) in [5, 5.41) is 3.19. The van der Waals surface area contributed by atoms with Gasteiger partial charge in [0, 0.05) is 19.1 Å². The first-order chi connectivity index (χ1) is 7.72. The number of rotatable bonds is 6. The minimum absolute atomic E-state index is 0.315. The number of hydrogen-bond donors (Lipinski definition) is 1. The fraction of sp³-hybridized carbons (Fsp3) is 0.615. The van der Waals surface area contributed by atoms with Gasteiger partial charge in [-0.25, -0.2) is 0 Å². The van der Waals surface area contributed by atoms with Gasteiger partial charge in [-0.1, -0.05) is 6.92 Å². The van der Waals surface area contributed by atoms with Gasteiger partial charge in [0.05, 0.1) is 17.6 Å². The minimum atomic E-state index is 0.315. The molecule has 0 amide bonds. The van der Waals surface area contributed by atoms with Gasteiger partial charge in [-0.05, 0) is 39.4 Å². The van der Waals surface area contributed by atoms with E-state index in [4.69, 9.17) is 0 Å². The lowest BCUT2D eigenvalue weighted by molar-refractivity contribution is 0.632. The van der Waals surface area contributed by atoms with Crippen molar-refractivity contribution in [3.63, 3.8) is 0 Å². The standard InChI is InChI=1S/C13H23N3/c1-5-9-16(6-2)12-7-8-13(15-10-12)11(3)14-4/h7-8,10-11,14H,5-6,9H2,1-4H3. The molecule has 0 aliphatic carbocycles. The number of anilines is 1. The summed E-state index contributed by atoms with van der Waals surface area (Å²) in [5.41, 5.74) is 2.32. The molecule has 1 heterocycles. The van der Waals surface area contributed by atoms with Crippen LogP contribution >= 0.6 is 0 Å². The molecule has 0 aromatic carbocycles. The van der Waals surface area contributed by atoms with Gasteiger partial charge in [0.25, 0.3) is 0 Å². The maximum Gasteiger partial charge on any atom is 0.0571 e. The normalized spacial score (nSPS) is 12.5. The lowest BCUT2D eigenvalue weighted by Gasteiger charge is -2.22. The monoisotopic (exact) mass is 221 g/mol. The van der Waals surface area contributed by atoms with Crippen molar-refractivity contribution in [1.82, 2.24) is 10.3 Å². The second-order valence-electron chi connectivity index (χ2n) is 4.03. The summed E-state index contributed by atoms with van der Waals surface area (Å²) < 4.78 is 0. The van der Waals surface area contributed by atoms with Crippen LogP contribution in [-0.4, -0.2) is 25.1 Å². The van der Waals surface area contributed by atoms with Crippen molar-refractivity contribution in [3.8, 4) is 0 Å². The summed E-state index contributed by atoms with van der Waals surface area (Å²) >= 11 is 0. The number of nitrogens with zero attached hydrogens (tertiary/aromatic N) is 2. The van der Waals surface area contributed by atoms with Gasteiger partial charge in [-0.15, -0.1) is 0 Å². The molecular formula is C13H23N3. The summed E-state index contributed by atoms with van der Waals surface area (Å²) in [6.45, 7) is 8.63. The van der Waals surface area contributed by atoms with E-state index in [0.717, 1.165) is 18.8 Å². The van der Waals surface area contributed by atoms with Crippen molar-refractivity contribution >= 4 is 5.69 Å². The van der Waals surface area contributed by atoms with Gasteiger partial charge < -0.3 is 10.2 Å². The Balaban J connectivity index is 2.76. The van der Waals surface area contributed by atoms with Crippen LogP contribution < -0.4 is 10.2 Å². The van der Waals surface area contributed by atoms with Gasteiger partial charge in [-0.3, -0.25) is 4.98 Å². The van der Waals surface area contributed by atoms with Crippen molar-refractivity contribution in [2.75, 3.05) is 25.0 Å². The van der Waals surface area contributed by atoms with Crippen molar-refractivity contribution in [2.45, 2.75) is 33.2 Å². The second kappa shape index (κ2) is 6.48. The maximum absolute atomic E-state index is 4.50. The Morgan fingerprint density at radius 1 is 1.38 bits per heavy atom. The van der Waals surface area contributed by atoms with Crippen molar-refractivity contribution < 1.29 is 0 Å². The molecule has 3 heteroatoms. The Morgan fingerprint density at radius 2 is 2.12 bits per heavy atom. The average Bonchev–Trinajstić information content (AvgIpc) is 2.35. The molecule has 0 saturated carbocycles. The molecule has 16 heavy (non-hydrogen) atoms. The number of nitrogens with one attached hydrogen (secondary N) is 1. The quantitative estimate of drug-likeness (QED) is 0.800. The fourth-order valence-corrected chi connectivity index (χ4v) is 1.73. The van der Waals surface area contributed by atoms with Crippen LogP contribution in [0.5, 0.6) is 0 Å². The zero-order chi connectivity index (χ0) is 12.0. The average molecular weight is 221 g/mol. The molecule has 1 aromatic rings. The molecule has 1 aromatic heterocycles. The van der Waals surface area contributed by atoms with Crippen LogP contribution in [0.2, 0.25) is 0 Å². The summed E-state index contributed by atoms with van der Waals surface area (Å²) in [5.74, 6) is 0. The van der Waals surface area contributed by atoms with Gasteiger partial charge in [-0.2, -0.15) is 0 Å². The predicted molar refractivity (Wildman–Crippen MR) is 69.9 cm³/mol. The number of aromatic nitrogens is 1. The molecule has 90 valence electrons. The Morgan fingerprint density at radius 3 is 2.56 bits per heavy atom. The van der Waals surface area contributed by atoms with Gasteiger partial charge in [0.15, 0.2) is 0 Å². The number of pyridine rings is 1. The molecule has 0 bridgehead atoms. The van der Waals surface area contributed by atoms with Crippen LogP contribution in [0.1, 0.15) is 38.9 Å². The molecule has 1 rings (SSSR count). The third-order valence-corrected chi connectivity index (χ3v) is 2.89. The Bertz CT molecular complexity index is 295. The van der Waals surface area contributed by atoms with Crippen molar-refractivity contribution in [2.24, 2.45) is 0 Å². The molecule has 1 N–H and O–H groups in total. The first kappa shape index (κ1) is 13.0. The molecule has 3 nitrogen and oxygen atoms in total. The zero-order valence-electron chi connectivity index (χ0n) is 10.8. The van der Waals surface area contributed by atoms with E-state index in [1.165, 1.54) is 12.1 Å². The van der Waals surface area contributed by atoms with E-state index in [1.807, 2.05) is 13.2 Å². The van der Waals surface area contributed by atoms with Crippen LogP contribution in [0.4, 0.5) is 5.69 Å². The highest BCUT2D eigenvalue weighted by Crippen LogP contribution is 2.16. The summed E-state index contributed by atoms with van der Waals surface area (Å²) in [6, 6.07) is 4.58. The molecule has 1 unspecified atom stereocenters. The Labute approximate surface area is 98.9 Å². The van der Waals surface area contributed by atoms with E-state index < -0.39 is 0 Å². The van der Waals surface area contributed by atoms with Crippen molar-refractivity contribution in [3.05, 3.63) is 24.0 Å². The molecule has 0 saturated heterocycles. The van der Waals surface area contributed by atoms with Crippen LogP contribution in [0.25, 0.3) is 0 Å². The number of hydrogen-bond acceptors (Lipinski definition) is 3. The van der Waals surface area contributed by atoms with E-state index in [2.05, 4.69) is 48.1 Å². The smallest absolute Gasteiger partial charge is 0.0571 e. The lowest BCUT2D eigenvalue weighted by Crippen LogP contribution is -2.23. The fourth-order valence-electron chi connectivity index (χ4n) is 1.73. The topological polar surface area (TPSA) is 28.2 Å². The lowest BCUT2D eigenvalue weighted by atomic mass is 10.2. The highest BCUT2D eigenvalue weighted by atomic mass is 15.1. The second-order valence-corrected chi connectivity index (χ2v) is 4.03. The van der Waals surface area contributed by atoms with Crippen LogP contribution in [0.15, 0.2) is 18.3 Å². The van der Waals surface area contributed by atoms with E-state index in [9.17, 15) is 0 Å². The van der Waals surface area contributed by atoms with Gasteiger partial charge >= 0.3 is 0 Å². The first-order valence-electron chi connectivity index (χ1n) is 6.11. The van der Waals surface area contributed by atoms with E-state index in [0.29, 0.717) is 6.04 Å². The molecule has 0 fully saturated rings. The highest BCUT2D eigenvalue weighted by Gasteiger charge is 2.06. The van der Waals surface area contributed by atoms with E-state index >= 15 is 0 Å². The predicted octanol–water partition coefficient (Wildman–Crippen LogP) is 2.60. The largest absolute Gasteiger partial charge is 0.371 e. The molecule has 0 spiro atoms. The Kier molecular flexibility index (Phi) is 5.26. The van der Waals surface area contributed by atoms with Gasteiger partial charge in [0.2, 0.25) is 0 Å². The molecule has 0 aliphatic heterocycles. The van der Waals surface area contributed by atoms with Crippen LogP contribution in [0, 0.1) is 0 Å². The van der Waals surface area contributed by atoms with Crippen LogP contribution in [-0.2, 0) is 0 Å². The van der Waals surface area contributed by atoms with E-state index in [-0.39, 0.29) is 0 Å². The SMILES string of the molecule is CCCN(CC)c1ccc(C(C)NC)nc1. The Hall–Kier alpha value is -1.09. The van der Waals surface area contributed by atoms with E-state index in [1.54, 1.807) is 0 Å². The summed E-state index contributed by atoms with van der Waals surface area (Å²) in [7, 11) is 1.95. The zero-order valence-corrected chi connectivity index (χ0v) is 10.8. The minimum Gasteiger partial charge on any atom is -0.371 e. The molecular weight excluding hydrogens is 198 g/mol. The third kappa shape index (κ3) is 3.20. The van der Waals surface area contributed by atoms with Crippen molar-refractivity contribution in [1.29, 1.82) is 0 Å². The molecule has 1 atom stereocenters. The van der Waals surface area contributed by atoms with Crippen LogP contribution in [0.3, 0.4) is 0 Å².